The van der Waals surface area contributed by atoms with Gasteiger partial charge in [-0.15, -0.1) is 0 Å². The Kier molecular flexibility index (Phi) is 7.20. The minimum atomic E-state index is -3.72. The van der Waals surface area contributed by atoms with Crippen LogP contribution in [0.15, 0.2) is 86.9 Å². The van der Waals surface area contributed by atoms with E-state index in [1.165, 1.54) is 57.7 Å². The number of halogens is 2. The molecule has 1 fully saturated rings. The quantitative estimate of drug-likeness (QED) is 0.354. The average Bonchev–Trinajstić information content (AvgIpc) is 2.93. The Morgan fingerprint density at radius 2 is 1.61 bits per heavy atom. The number of amides is 1. The summed E-state index contributed by atoms with van der Waals surface area (Å²) in [7, 11) is -3.72. The molecular weight excluding hydrogens is 535 g/mol. The molecule has 1 aliphatic heterocycles. The first-order chi connectivity index (χ1) is 18.2. The van der Waals surface area contributed by atoms with Gasteiger partial charge in [-0.25, -0.2) is 12.8 Å². The number of piperazine rings is 1. The summed E-state index contributed by atoms with van der Waals surface area (Å²) in [4.78, 5) is 27.8. The number of benzene rings is 3. The Hall–Kier alpha value is -3.73. The van der Waals surface area contributed by atoms with E-state index in [1.807, 2.05) is 0 Å². The zero-order valence-electron chi connectivity index (χ0n) is 20.0. The third-order valence-corrected chi connectivity index (χ3v) is 8.41. The Labute approximate surface area is 222 Å². The number of ether oxygens (including phenoxy) is 1. The van der Waals surface area contributed by atoms with Crippen molar-refractivity contribution in [3.05, 3.63) is 93.9 Å². The molecule has 11 heteroatoms. The van der Waals surface area contributed by atoms with Crippen LogP contribution >= 0.6 is 11.6 Å². The SMILES string of the molecule is O=C(COc1c(-c2ccc(F)cc2)oc2ccccc2c1=O)N1CCN(S(=O)(=O)c2ccc(Cl)cc2)CC1. The fourth-order valence-corrected chi connectivity index (χ4v) is 5.75. The molecule has 0 radical (unpaired) electrons. The van der Waals surface area contributed by atoms with Crippen molar-refractivity contribution in [3.8, 4) is 17.1 Å². The lowest BCUT2D eigenvalue weighted by Gasteiger charge is -2.34. The van der Waals surface area contributed by atoms with E-state index in [9.17, 15) is 22.4 Å². The van der Waals surface area contributed by atoms with Crippen molar-refractivity contribution in [2.75, 3.05) is 32.8 Å². The number of carbonyl (C=O) groups excluding carboxylic acids is 1. The predicted molar refractivity (Wildman–Crippen MR) is 140 cm³/mol. The fourth-order valence-electron chi connectivity index (χ4n) is 4.21. The van der Waals surface area contributed by atoms with Gasteiger partial charge in [0.2, 0.25) is 21.2 Å². The van der Waals surface area contributed by atoms with Crippen LogP contribution in [0.5, 0.6) is 5.75 Å². The molecule has 0 spiro atoms. The van der Waals surface area contributed by atoms with Gasteiger partial charge in [0, 0.05) is 36.8 Å². The molecule has 0 aliphatic carbocycles. The van der Waals surface area contributed by atoms with Crippen LogP contribution in [0.2, 0.25) is 5.02 Å². The minimum Gasteiger partial charge on any atom is -0.476 e. The van der Waals surface area contributed by atoms with E-state index in [-0.39, 0.29) is 48.0 Å². The van der Waals surface area contributed by atoms with Crippen molar-refractivity contribution in [2.24, 2.45) is 0 Å². The molecule has 3 aromatic carbocycles. The number of hydrogen-bond donors (Lipinski definition) is 0. The van der Waals surface area contributed by atoms with E-state index in [0.717, 1.165) is 0 Å². The third kappa shape index (κ3) is 5.15. The van der Waals surface area contributed by atoms with Gasteiger partial charge in [-0.2, -0.15) is 4.31 Å². The molecule has 4 aromatic rings. The summed E-state index contributed by atoms with van der Waals surface area (Å²) < 4.78 is 52.3. The average molecular weight is 557 g/mol. The summed E-state index contributed by atoms with van der Waals surface area (Å²) in [6.45, 7) is 0.0742. The molecule has 8 nitrogen and oxygen atoms in total. The van der Waals surface area contributed by atoms with E-state index < -0.39 is 33.8 Å². The second-order valence-electron chi connectivity index (χ2n) is 8.62. The van der Waals surface area contributed by atoms with Crippen LogP contribution in [-0.2, 0) is 14.8 Å². The molecule has 2 heterocycles. The Balaban J connectivity index is 1.31. The highest BCUT2D eigenvalue weighted by Gasteiger charge is 2.30. The van der Waals surface area contributed by atoms with E-state index in [1.54, 1.807) is 24.3 Å². The number of sulfonamides is 1. The number of para-hydroxylation sites is 1. The van der Waals surface area contributed by atoms with Gasteiger partial charge in [-0.3, -0.25) is 9.59 Å². The van der Waals surface area contributed by atoms with Gasteiger partial charge in [-0.05, 0) is 60.7 Å². The first-order valence-electron chi connectivity index (χ1n) is 11.7. The van der Waals surface area contributed by atoms with Gasteiger partial charge in [0.25, 0.3) is 5.91 Å². The van der Waals surface area contributed by atoms with Crippen LogP contribution < -0.4 is 10.2 Å². The van der Waals surface area contributed by atoms with Gasteiger partial charge in [0.05, 0.1) is 10.3 Å². The summed E-state index contributed by atoms with van der Waals surface area (Å²) in [5, 5.41) is 0.712. The monoisotopic (exact) mass is 556 g/mol. The van der Waals surface area contributed by atoms with Crippen LogP contribution in [0.3, 0.4) is 0 Å². The maximum absolute atomic E-state index is 13.5. The van der Waals surface area contributed by atoms with Crippen LogP contribution in [-0.4, -0.2) is 56.3 Å². The van der Waals surface area contributed by atoms with Crippen molar-refractivity contribution >= 4 is 38.5 Å². The number of rotatable bonds is 6. The van der Waals surface area contributed by atoms with Crippen molar-refractivity contribution in [1.82, 2.24) is 9.21 Å². The van der Waals surface area contributed by atoms with Gasteiger partial charge < -0.3 is 14.1 Å². The van der Waals surface area contributed by atoms with Gasteiger partial charge in [0.15, 0.2) is 12.4 Å². The molecule has 196 valence electrons. The summed E-state index contributed by atoms with van der Waals surface area (Å²) in [6.07, 6.45) is 0. The number of nitrogens with zero attached hydrogens (tertiary/aromatic N) is 2. The van der Waals surface area contributed by atoms with Crippen molar-refractivity contribution in [2.45, 2.75) is 4.90 Å². The van der Waals surface area contributed by atoms with Gasteiger partial charge in [-0.1, -0.05) is 23.7 Å². The number of fused-ring (bicyclic) bond motifs is 1. The first kappa shape index (κ1) is 25.9. The van der Waals surface area contributed by atoms with E-state index in [2.05, 4.69) is 0 Å². The highest BCUT2D eigenvalue weighted by Crippen LogP contribution is 2.31. The van der Waals surface area contributed by atoms with Crippen LogP contribution in [0.4, 0.5) is 4.39 Å². The second kappa shape index (κ2) is 10.6. The largest absolute Gasteiger partial charge is 0.476 e. The Bertz CT molecular complexity index is 1650. The lowest BCUT2D eigenvalue weighted by atomic mass is 10.1. The molecule has 1 saturated heterocycles. The lowest BCUT2D eigenvalue weighted by Crippen LogP contribution is -2.51. The molecule has 0 atom stereocenters. The van der Waals surface area contributed by atoms with Crippen molar-refractivity contribution in [1.29, 1.82) is 0 Å². The van der Waals surface area contributed by atoms with Crippen molar-refractivity contribution in [3.63, 3.8) is 0 Å². The van der Waals surface area contributed by atoms with E-state index in [0.29, 0.717) is 16.2 Å². The summed E-state index contributed by atoms with van der Waals surface area (Å²) in [5.41, 5.74) is 0.282. The van der Waals surface area contributed by atoms with Crippen LogP contribution in [0.1, 0.15) is 0 Å². The fraction of sp³-hybridized carbons (Fsp3) is 0.185. The molecule has 1 aromatic heterocycles. The summed E-state index contributed by atoms with van der Waals surface area (Å²) in [5.74, 6) is -0.939. The molecule has 1 amide bonds. The topological polar surface area (TPSA) is 97.1 Å². The smallest absolute Gasteiger partial charge is 0.260 e. The standard InChI is InChI=1S/C27H22ClFN2O6S/c28-19-7-11-21(12-8-19)38(34,35)31-15-13-30(14-16-31)24(32)17-36-27-25(33)22-3-1-2-4-23(22)37-26(27)18-5-9-20(29)10-6-18/h1-12H,13-17H2. The summed E-state index contributed by atoms with van der Waals surface area (Å²) >= 11 is 5.86. The van der Waals surface area contributed by atoms with Gasteiger partial charge in [0.1, 0.15) is 11.4 Å². The predicted octanol–water partition coefficient (Wildman–Crippen LogP) is 4.16. The zero-order chi connectivity index (χ0) is 26.9. The molecule has 0 unspecified atom stereocenters. The second-order valence-corrected chi connectivity index (χ2v) is 11.0. The molecule has 5 rings (SSSR count). The molecule has 38 heavy (non-hydrogen) atoms. The van der Waals surface area contributed by atoms with Crippen LogP contribution in [0.25, 0.3) is 22.3 Å². The molecule has 0 saturated carbocycles. The third-order valence-electron chi connectivity index (χ3n) is 6.25. The lowest BCUT2D eigenvalue weighted by molar-refractivity contribution is -0.134. The maximum atomic E-state index is 13.5. The minimum absolute atomic E-state index is 0.0837. The highest BCUT2D eigenvalue weighted by atomic mass is 35.5. The number of carbonyl (C=O) groups is 1. The normalized spacial score (nSPS) is 14.5. The van der Waals surface area contributed by atoms with Crippen LogP contribution in [0, 0.1) is 5.82 Å². The molecule has 1 aliphatic rings. The molecular formula is C27H22ClFN2O6S. The Morgan fingerprint density at radius 3 is 2.29 bits per heavy atom. The zero-order valence-corrected chi connectivity index (χ0v) is 21.5. The molecule has 0 N–H and O–H groups in total. The van der Waals surface area contributed by atoms with E-state index in [4.69, 9.17) is 20.8 Å². The van der Waals surface area contributed by atoms with Crippen molar-refractivity contribution < 1.29 is 26.8 Å². The maximum Gasteiger partial charge on any atom is 0.260 e. The first-order valence-corrected chi connectivity index (χ1v) is 13.5. The Morgan fingerprint density at radius 1 is 0.947 bits per heavy atom. The highest BCUT2D eigenvalue weighted by molar-refractivity contribution is 7.89. The summed E-state index contributed by atoms with van der Waals surface area (Å²) in [6, 6.07) is 17.9. The van der Waals surface area contributed by atoms with Gasteiger partial charge >= 0.3 is 0 Å². The number of hydrogen-bond acceptors (Lipinski definition) is 6. The molecule has 0 bridgehead atoms. The van der Waals surface area contributed by atoms with E-state index >= 15 is 0 Å².